The molecule has 1 aliphatic heterocycles. The molecule has 1 fully saturated rings. The summed E-state index contributed by atoms with van der Waals surface area (Å²) in [4.78, 5) is 28.5. The zero-order valence-electron chi connectivity index (χ0n) is 14.6. The number of thiocarbonyl (C=S) groups is 1. The monoisotopic (exact) mass is 365 g/mol. The van der Waals surface area contributed by atoms with Crippen LogP contribution in [-0.2, 0) is 16.1 Å². The van der Waals surface area contributed by atoms with Crippen LogP contribution in [0.5, 0.6) is 0 Å². The molecule has 6 heteroatoms. The van der Waals surface area contributed by atoms with Gasteiger partial charge in [0.15, 0.2) is 5.11 Å². The van der Waals surface area contributed by atoms with Crippen molar-refractivity contribution in [3.8, 4) is 0 Å². The van der Waals surface area contributed by atoms with Gasteiger partial charge >= 0.3 is 0 Å². The number of hydrogen-bond donors (Lipinski definition) is 1. The highest BCUT2D eigenvalue weighted by Crippen LogP contribution is 2.19. The van der Waals surface area contributed by atoms with Crippen LogP contribution in [0.25, 0.3) is 6.08 Å². The van der Waals surface area contributed by atoms with Crippen LogP contribution >= 0.6 is 12.2 Å². The molecule has 0 aromatic heterocycles. The topological polar surface area (TPSA) is 52.7 Å². The molecule has 2 amide bonds. The quantitative estimate of drug-likeness (QED) is 0.514. The number of benzene rings is 2. The summed E-state index contributed by atoms with van der Waals surface area (Å²) in [7, 11) is 3.90. The molecule has 3 rings (SSSR count). The summed E-state index contributed by atoms with van der Waals surface area (Å²) in [6, 6.07) is 17.1. The smallest absolute Gasteiger partial charge is 0.265 e. The molecule has 1 N–H and O–H groups in total. The van der Waals surface area contributed by atoms with Crippen LogP contribution in [0.15, 0.2) is 60.2 Å². The van der Waals surface area contributed by atoms with Crippen molar-refractivity contribution in [3.05, 3.63) is 71.3 Å². The first kappa shape index (κ1) is 17.8. The van der Waals surface area contributed by atoms with Gasteiger partial charge in [-0.05, 0) is 41.6 Å². The van der Waals surface area contributed by atoms with E-state index in [0.29, 0.717) is 6.54 Å². The van der Waals surface area contributed by atoms with Gasteiger partial charge in [0.25, 0.3) is 11.8 Å². The highest BCUT2D eigenvalue weighted by Gasteiger charge is 2.33. The molecular weight excluding hydrogens is 346 g/mol. The van der Waals surface area contributed by atoms with E-state index in [2.05, 4.69) is 5.32 Å². The summed E-state index contributed by atoms with van der Waals surface area (Å²) < 4.78 is 0. The molecule has 1 saturated heterocycles. The summed E-state index contributed by atoms with van der Waals surface area (Å²) in [6.45, 7) is 0.315. The number of anilines is 1. The summed E-state index contributed by atoms with van der Waals surface area (Å²) in [6.07, 6.45) is 1.59. The first-order valence-corrected chi connectivity index (χ1v) is 8.57. The van der Waals surface area contributed by atoms with Crippen LogP contribution in [0.2, 0.25) is 0 Å². The Labute approximate surface area is 157 Å². The molecular formula is C20H19N3O2S. The molecule has 5 nitrogen and oxygen atoms in total. The zero-order valence-corrected chi connectivity index (χ0v) is 15.4. The number of rotatable bonds is 4. The van der Waals surface area contributed by atoms with Gasteiger partial charge in [0.2, 0.25) is 0 Å². The molecule has 0 radical (unpaired) electrons. The van der Waals surface area contributed by atoms with E-state index < -0.39 is 5.91 Å². The molecule has 0 unspecified atom stereocenters. The maximum atomic E-state index is 12.8. The minimum Gasteiger partial charge on any atom is -0.378 e. The highest BCUT2D eigenvalue weighted by molar-refractivity contribution is 7.80. The standard InChI is InChI=1S/C20H19N3O2S/c1-22(2)16-10-8-14(9-11-16)12-17-18(24)21-20(26)23(19(17)25)13-15-6-4-3-5-7-15/h3-12H,13H2,1-2H3,(H,21,24,26). The van der Waals surface area contributed by atoms with Crippen molar-refractivity contribution >= 4 is 40.9 Å². The first-order chi connectivity index (χ1) is 12.5. The minimum atomic E-state index is -0.471. The Hall–Kier alpha value is -2.99. The van der Waals surface area contributed by atoms with E-state index in [1.807, 2.05) is 73.6 Å². The second kappa shape index (κ2) is 7.49. The van der Waals surface area contributed by atoms with Crippen LogP contribution in [0.1, 0.15) is 11.1 Å². The van der Waals surface area contributed by atoms with Crippen LogP contribution in [-0.4, -0.2) is 35.9 Å². The summed E-state index contributed by atoms with van der Waals surface area (Å²) >= 11 is 5.18. The maximum Gasteiger partial charge on any atom is 0.265 e. The summed E-state index contributed by atoms with van der Waals surface area (Å²) in [5.41, 5.74) is 2.83. The largest absolute Gasteiger partial charge is 0.378 e. The van der Waals surface area contributed by atoms with Gasteiger partial charge in [-0.3, -0.25) is 19.8 Å². The zero-order chi connectivity index (χ0) is 18.7. The highest BCUT2D eigenvalue weighted by atomic mass is 32.1. The van der Waals surface area contributed by atoms with E-state index in [9.17, 15) is 9.59 Å². The second-order valence-corrected chi connectivity index (χ2v) is 6.57. The van der Waals surface area contributed by atoms with Gasteiger partial charge in [0, 0.05) is 19.8 Å². The van der Waals surface area contributed by atoms with Crippen LogP contribution in [0, 0.1) is 0 Å². The second-order valence-electron chi connectivity index (χ2n) is 6.18. The lowest BCUT2D eigenvalue weighted by atomic mass is 10.1. The third-order valence-corrected chi connectivity index (χ3v) is 4.41. The number of nitrogens with one attached hydrogen (secondary N) is 1. The van der Waals surface area contributed by atoms with Gasteiger partial charge in [0.05, 0.1) is 6.54 Å². The number of carbonyl (C=O) groups is 2. The van der Waals surface area contributed by atoms with Crippen LogP contribution < -0.4 is 10.2 Å². The Balaban J connectivity index is 1.87. The molecule has 26 heavy (non-hydrogen) atoms. The maximum absolute atomic E-state index is 12.8. The van der Waals surface area contributed by atoms with E-state index in [0.717, 1.165) is 16.8 Å². The number of amides is 2. The average Bonchev–Trinajstić information content (AvgIpc) is 2.63. The normalized spacial score (nSPS) is 16.0. The molecule has 1 heterocycles. The van der Waals surface area contributed by atoms with Crippen molar-refractivity contribution in [2.45, 2.75) is 6.54 Å². The van der Waals surface area contributed by atoms with Gasteiger partial charge in [0.1, 0.15) is 5.57 Å². The molecule has 0 atom stereocenters. The fraction of sp³-hybridized carbons (Fsp3) is 0.150. The Morgan fingerprint density at radius 3 is 2.31 bits per heavy atom. The van der Waals surface area contributed by atoms with Gasteiger partial charge < -0.3 is 4.90 Å². The fourth-order valence-corrected chi connectivity index (χ4v) is 2.88. The number of nitrogens with zero attached hydrogens (tertiary/aromatic N) is 2. The number of carbonyl (C=O) groups excluding carboxylic acids is 2. The lowest BCUT2D eigenvalue weighted by Gasteiger charge is -2.29. The Morgan fingerprint density at radius 2 is 1.69 bits per heavy atom. The van der Waals surface area contributed by atoms with Crippen molar-refractivity contribution in [1.29, 1.82) is 0 Å². The molecule has 0 bridgehead atoms. The van der Waals surface area contributed by atoms with E-state index in [1.165, 1.54) is 4.90 Å². The molecule has 2 aromatic carbocycles. The molecule has 0 saturated carbocycles. The molecule has 1 aliphatic rings. The van der Waals surface area contributed by atoms with Gasteiger partial charge in [-0.15, -0.1) is 0 Å². The Morgan fingerprint density at radius 1 is 1.04 bits per heavy atom. The molecule has 132 valence electrons. The number of hydrogen-bond acceptors (Lipinski definition) is 4. The molecule has 0 spiro atoms. The average molecular weight is 365 g/mol. The van der Waals surface area contributed by atoms with E-state index in [4.69, 9.17) is 12.2 Å². The van der Waals surface area contributed by atoms with Crippen molar-refractivity contribution < 1.29 is 9.59 Å². The molecule has 2 aromatic rings. The lowest BCUT2D eigenvalue weighted by Crippen LogP contribution is -2.53. The molecule has 0 aliphatic carbocycles. The first-order valence-electron chi connectivity index (χ1n) is 8.16. The van der Waals surface area contributed by atoms with Crippen molar-refractivity contribution in [3.63, 3.8) is 0 Å². The van der Waals surface area contributed by atoms with Gasteiger partial charge in [-0.25, -0.2) is 0 Å². The minimum absolute atomic E-state index is 0.0761. The van der Waals surface area contributed by atoms with E-state index in [1.54, 1.807) is 6.08 Å². The predicted octanol–water partition coefficient (Wildman–Crippen LogP) is 2.58. The van der Waals surface area contributed by atoms with Crippen molar-refractivity contribution in [2.24, 2.45) is 0 Å². The van der Waals surface area contributed by atoms with Crippen molar-refractivity contribution in [1.82, 2.24) is 10.2 Å². The predicted molar refractivity (Wildman–Crippen MR) is 106 cm³/mol. The third-order valence-electron chi connectivity index (χ3n) is 4.09. The van der Waals surface area contributed by atoms with Gasteiger partial charge in [-0.2, -0.15) is 0 Å². The Bertz CT molecular complexity index is 874. The third kappa shape index (κ3) is 3.81. The SMILES string of the molecule is CN(C)c1ccc(C=C2C(=O)NC(=S)N(Cc3ccccc3)C2=O)cc1. The lowest BCUT2D eigenvalue weighted by molar-refractivity contribution is -0.129. The van der Waals surface area contributed by atoms with Crippen molar-refractivity contribution in [2.75, 3.05) is 19.0 Å². The van der Waals surface area contributed by atoms with Crippen LogP contribution in [0.4, 0.5) is 5.69 Å². The fourth-order valence-electron chi connectivity index (χ4n) is 2.64. The summed E-state index contributed by atoms with van der Waals surface area (Å²) in [5.74, 6) is -0.861. The Kier molecular flexibility index (Phi) is 5.14. The summed E-state index contributed by atoms with van der Waals surface area (Å²) in [5, 5.41) is 2.73. The van der Waals surface area contributed by atoms with Crippen LogP contribution in [0.3, 0.4) is 0 Å². The van der Waals surface area contributed by atoms with Gasteiger partial charge in [-0.1, -0.05) is 42.5 Å². The van der Waals surface area contributed by atoms with E-state index in [-0.39, 0.29) is 16.6 Å². The van der Waals surface area contributed by atoms with E-state index >= 15 is 0 Å².